The Hall–Kier alpha value is -1.55. The van der Waals surface area contributed by atoms with E-state index in [9.17, 15) is 4.39 Å². The summed E-state index contributed by atoms with van der Waals surface area (Å²) in [5, 5.41) is 7.79. The first kappa shape index (κ1) is 13.9. The number of halogens is 2. The van der Waals surface area contributed by atoms with E-state index in [4.69, 9.17) is 11.6 Å². The molecule has 1 aromatic heterocycles. The van der Waals surface area contributed by atoms with Gasteiger partial charge in [0.25, 0.3) is 0 Å². The number of hydrogen-bond donors (Lipinski definition) is 1. The molecular weight excluding hydrogens is 265 g/mol. The van der Waals surface area contributed by atoms with Crippen molar-refractivity contribution in [1.82, 2.24) is 9.78 Å². The second kappa shape index (κ2) is 5.21. The largest absolute Gasteiger partial charge is 0.378 e. The first-order chi connectivity index (χ1) is 8.90. The predicted octanol–water partition coefficient (Wildman–Crippen LogP) is 4.00. The Labute approximate surface area is 117 Å². The van der Waals surface area contributed by atoms with Gasteiger partial charge in [0, 0.05) is 24.0 Å². The highest BCUT2D eigenvalue weighted by molar-refractivity contribution is 6.30. The molecule has 1 N–H and O–H groups in total. The third-order valence-corrected chi connectivity index (χ3v) is 3.61. The van der Waals surface area contributed by atoms with Crippen LogP contribution in [0.15, 0.2) is 18.2 Å². The molecular formula is C14H17ClFN3. The van der Waals surface area contributed by atoms with Gasteiger partial charge in [0.15, 0.2) is 0 Å². The van der Waals surface area contributed by atoms with E-state index >= 15 is 0 Å². The monoisotopic (exact) mass is 281 g/mol. The molecule has 0 fully saturated rings. The summed E-state index contributed by atoms with van der Waals surface area (Å²) in [6.07, 6.45) is 0. The van der Waals surface area contributed by atoms with Crippen molar-refractivity contribution < 1.29 is 4.39 Å². The molecule has 3 nitrogen and oxygen atoms in total. The Kier molecular flexibility index (Phi) is 3.80. The van der Waals surface area contributed by atoms with E-state index in [0.717, 1.165) is 17.0 Å². The average molecular weight is 282 g/mol. The summed E-state index contributed by atoms with van der Waals surface area (Å²) >= 11 is 5.67. The maximum atomic E-state index is 13.4. The van der Waals surface area contributed by atoms with Crippen LogP contribution in [0.2, 0.25) is 5.02 Å². The molecule has 0 bridgehead atoms. The van der Waals surface area contributed by atoms with Crippen LogP contribution < -0.4 is 5.32 Å². The van der Waals surface area contributed by atoms with Crippen molar-refractivity contribution in [2.45, 2.75) is 26.8 Å². The fourth-order valence-electron chi connectivity index (χ4n) is 2.32. The highest BCUT2D eigenvalue weighted by Gasteiger charge is 2.16. The minimum atomic E-state index is -0.418. The molecule has 0 spiro atoms. The fraction of sp³-hybridized carbons (Fsp3) is 0.357. The van der Waals surface area contributed by atoms with Crippen LogP contribution in [-0.4, -0.2) is 9.78 Å². The van der Waals surface area contributed by atoms with Gasteiger partial charge in [-0.05, 0) is 39.0 Å². The zero-order valence-corrected chi connectivity index (χ0v) is 12.2. The van der Waals surface area contributed by atoms with E-state index in [1.807, 2.05) is 32.5 Å². The van der Waals surface area contributed by atoms with E-state index in [2.05, 4.69) is 10.4 Å². The Morgan fingerprint density at radius 1 is 1.37 bits per heavy atom. The molecule has 0 aliphatic carbocycles. The Balaban J connectivity index is 2.25. The number of nitrogens with one attached hydrogen (secondary N) is 1. The van der Waals surface area contributed by atoms with Crippen LogP contribution in [0.4, 0.5) is 10.1 Å². The number of aromatic nitrogens is 2. The van der Waals surface area contributed by atoms with Crippen LogP contribution in [-0.2, 0) is 7.05 Å². The Bertz CT molecular complexity index is 607. The van der Waals surface area contributed by atoms with Gasteiger partial charge in [-0.15, -0.1) is 0 Å². The molecule has 1 aromatic carbocycles. The molecule has 0 saturated carbocycles. The fourth-order valence-corrected chi connectivity index (χ4v) is 2.44. The van der Waals surface area contributed by atoms with Crippen LogP contribution in [0.5, 0.6) is 0 Å². The lowest BCUT2D eigenvalue weighted by molar-refractivity contribution is 0.628. The Morgan fingerprint density at radius 2 is 2.05 bits per heavy atom. The summed E-state index contributed by atoms with van der Waals surface area (Å²) in [5.74, 6) is -0.418. The van der Waals surface area contributed by atoms with Gasteiger partial charge in [-0.1, -0.05) is 11.6 Å². The molecule has 0 aliphatic rings. The van der Waals surface area contributed by atoms with Gasteiger partial charge in [0.05, 0.1) is 16.8 Å². The van der Waals surface area contributed by atoms with Crippen molar-refractivity contribution >= 4 is 17.3 Å². The van der Waals surface area contributed by atoms with Crippen molar-refractivity contribution in [2.75, 3.05) is 5.32 Å². The lowest BCUT2D eigenvalue weighted by atomic mass is 10.1. The summed E-state index contributed by atoms with van der Waals surface area (Å²) in [6.45, 7) is 6.03. The van der Waals surface area contributed by atoms with E-state index in [1.165, 1.54) is 6.07 Å². The van der Waals surface area contributed by atoms with Gasteiger partial charge in [0.2, 0.25) is 0 Å². The van der Waals surface area contributed by atoms with Crippen LogP contribution in [0, 0.1) is 19.7 Å². The second-order valence-corrected chi connectivity index (χ2v) is 5.11. The molecule has 0 aliphatic heterocycles. The third-order valence-electron chi connectivity index (χ3n) is 3.30. The smallest absolute Gasteiger partial charge is 0.143 e. The van der Waals surface area contributed by atoms with Crippen molar-refractivity contribution in [3.05, 3.63) is 46.0 Å². The van der Waals surface area contributed by atoms with Gasteiger partial charge < -0.3 is 5.32 Å². The molecule has 2 aromatic rings. The number of benzene rings is 1. The number of anilines is 1. The van der Waals surface area contributed by atoms with Crippen molar-refractivity contribution in [1.29, 1.82) is 0 Å². The zero-order chi connectivity index (χ0) is 14.2. The lowest BCUT2D eigenvalue weighted by Crippen LogP contribution is -2.09. The van der Waals surface area contributed by atoms with E-state index in [0.29, 0.717) is 5.69 Å². The quantitative estimate of drug-likeness (QED) is 0.921. The number of rotatable bonds is 3. The third kappa shape index (κ3) is 2.73. The molecule has 1 unspecified atom stereocenters. The number of aryl methyl sites for hydroxylation is 2. The SMILES string of the molecule is Cc1nn(C)c(C)c1C(C)Nc1ccc(Cl)c(F)c1. The van der Waals surface area contributed by atoms with Crippen molar-refractivity contribution in [3.63, 3.8) is 0 Å². The standard InChI is InChI=1S/C14H17ClFN3/c1-8(14-9(2)18-19(4)10(14)3)17-11-5-6-12(15)13(16)7-11/h5-8,17H,1-4H3. The summed E-state index contributed by atoms with van der Waals surface area (Å²) < 4.78 is 15.3. The highest BCUT2D eigenvalue weighted by atomic mass is 35.5. The topological polar surface area (TPSA) is 29.9 Å². The second-order valence-electron chi connectivity index (χ2n) is 4.70. The number of nitrogens with zero attached hydrogens (tertiary/aromatic N) is 2. The van der Waals surface area contributed by atoms with Crippen LogP contribution in [0.25, 0.3) is 0 Å². The predicted molar refractivity (Wildman–Crippen MR) is 76.1 cm³/mol. The molecule has 0 radical (unpaired) electrons. The van der Waals surface area contributed by atoms with Crippen LogP contribution in [0.1, 0.15) is 29.9 Å². The van der Waals surface area contributed by atoms with Gasteiger partial charge in [-0.2, -0.15) is 5.10 Å². The summed E-state index contributed by atoms with van der Waals surface area (Å²) in [5.41, 5.74) is 3.93. The van der Waals surface area contributed by atoms with Crippen LogP contribution >= 0.6 is 11.6 Å². The first-order valence-electron chi connectivity index (χ1n) is 6.12. The van der Waals surface area contributed by atoms with E-state index < -0.39 is 5.82 Å². The molecule has 0 amide bonds. The molecule has 5 heteroatoms. The maximum absolute atomic E-state index is 13.4. The van der Waals surface area contributed by atoms with E-state index in [1.54, 1.807) is 12.1 Å². The molecule has 19 heavy (non-hydrogen) atoms. The lowest BCUT2D eigenvalue weighted by Gasteiger charge is -2.16. The normalized spacial score (nSPS) is 12.5. The molecule has 102 valence electrons. The average Bonchev–Trinajstić information content (AvgIpc) is 2.58. The van der Waals surface area contributed by atoms with Crippen molar-refractivity contribution in [3.8, 4) is 0 Å². The number of hydrogen-bond acceptors (Lipinski definition) is 2. The van der Waals surface area contributed by atoms with Crippen molar-refractivity contribution in [2.24, 2.45) is 7.05 Å². The minimum Gasteiger partial charge on any atom is -0.378 e. The maximum Gasteiger partial charge on any atom is 0.143 e. The molecule has 1 atom stereocenters. The summed E-state index contributed by atoms with van der Waals surface area (Å²) in [7, 11) is 1.92. The molecule has 1 heterocycles. The van der Waals surface area contributed by atoms with E-state index in [-0.39, 0.29) is 11.1 Å². The highest BCUT2D eigenvalue weighted by Crippen LogP contribution is 2.26. The Morgan fingerprint density at radius 3 is 2.58 bits per heavy atom. The first-order valence-corrected chi connectivity index (χ1v) is 6.49. The zero-order valence-electron chi connectivity index (χ0n) is 11.5. The summed E-state index contributed by atoms with van der Waals surface area (Å²) in [6, 6.07) is 4.77. The van der Waals surface area contributed by atoms with Gasteiger partial charge in [-0.25, -0.2) is 4.39 Å². The molecule has 2 rings (SSSR count). The minimum absolute atomic E-state index is 0.0503. The van der Waals surface area contributed by atoms with Crippen LogP contribution in [0.3, 0.4) is 0 Å². The summed E-state index contributed by atoms with van der Waals surface area (Å²) in [4.78, 5) is 0. The van der Waals surface area contributed by atoms with Gasteiger partial charge in [-0.3, -0.25) is 4.68 Å². The van der Waals surface area contributed by atoms with Gasteiger partial charge in [0.1, 0.15) is 5.82 Å². The molecule has 0 saturated heterocycles. The van der Waals surface area contributed by atoms with Gasteiger partial charge >= 0.3 is 0 Å².